The summed E-state index contributed by atoms with van der Waals surface area (Å²) >= 11 is 11.9. The van der Waals surface area contributed by atoms with Crippen LogP contribution < -0.4 is 10.5 Å². The maximum atomic E-state index is 12.2. The van der Waals surface area contributed by atoms with Crippen molar-refractivity contribution in [1.29, 1.82) is 0 Å². The highest BCUT2D eigenvalue weighted by Crippen LogP contribution is 2.27. The number of nitrogens with two attached hydrogens (primary N) is 1. The molecule has 118 valence electrons. The summed E-state index contributed by atoms with van der Waals surface area (Å²) in [7, 11) is 0. The minimum atomic E-state index is -0.0591. The predicted octanol–water partition coefficient (Wildman–Crippen LogP) is 3.13. The Bertz CT molecular complexity index is 485. The van der Waals surface area contributed by atoms with Gasteiger partial charge in [-0.3, -0.25) is 4.79 Å². The lowest BCUT2D eigenvalue weighted by atomic mass is 10.0. The predicted molar refractivity (Wildman–Crippen MR) is 87.6 cm³/mol. The minimum absolute atomic E-state index is 0. The first kappa shape index (κ1) is 18.4. The molecular weight excluding hydrogens is 335 g/mol. The summed E-state index contributed by atoms with van der Waals surface area (Å²) < 4.78 is 5.48. The van der Waals surface area contributed by atoms with E-state index < -0.39 is 0 Å². The highest BCUT2D eigenvalue weighted by molar-refractivity contribution is 6.34. The zero-order chi connectivity index (χ0) is 14.5. The van der Waals surface area contributed by atoms with Gasteiger partial charge in [-0.05, 0) is 31.4 Å². The maximum Gasteiger partial charge on any atom is 0.260 e. The van der Waals surface area contributed by atoms with Gasteiger partial charge in [0.2, 0.25) is 0 Å². The van der Waals surface area contributed by atoms with Crippen molar-refractivity contribution in [2.45, 2.75) is 25.3 Å². The van der Waals surface area contributed by atoms with Crippen molar-refractivity contribution in [2.24, 2.45) is 5.73 Å². The van der Waals surface area contributed by atoms with Crippen molar-refractivity contribution in [3.8, 4) is 5.75 Å². The highest BCUT2D eigenvalue weighted by Gasteiger charge is 2.25. The van der Waals surface area contributed by atoms with Crippen LogP contribution in [-0.2, 0) is 4.79 Å². The molecule has 2 rings (SSSR count). The number of benzene rings is 1. The number of likely N-dealkylation sites (tertiary alicyclic amines) is 1. The largest absolute Gasteiger partial charge is 0.482 e. The summed E-state index contributed by atoms with van der Waals surface area (Å²) in [5.74, 6) is 0.366. The molecule has 1 aliphatic rings. The summed E-state index contributed by atoms with van der Waals surface area (Å²) in [6.45, 7) is 1.19. The molecule has 1 aromatic carbocycles. The monoisotopic (exact) mass is 352 g/mol. The molecule has 1 aromatic rings. The van der Waals surface area contributed by atoms with Crippen LogP contribution >= 0.6 is 35.6 Å². The van der Waals surface area contributed by atoms with Gasteiger partial charge >= 0.3 is 0 Å². The van der Waals surface area contributed by atoms with Gasteiger partial charge in [-0.15, -0.1) is 12.4 Å². The second kappa shape index (κ2) is 8.69. The molecule has 2 N–H and O–H groups in total. The first-order chi connectivity index (χ1) is 9.61. The molecule has 4 nitrogen and oxygen atoms in total. The van der Waals surface area contributed by atoms with Crippen LogP contribution in [0, 0.1) is 0 Å². The molecule has 1 atom stereocenters. The Morgan fingerprint density at radius 2 is 2.14 bits per heavy atom. The molecule has 0 spiro atoms. The Hall–Kier alpha value is -0.680. The molecule has 0 aliphatic carbocycles. The standard InChI is InChI=1S/C14H18Cl2N2O2.ClH/c15-10-4-5-12(16)13(7-10)20-9-14(19)18-6-2-1-3-11(18)8-17;/h4-5,7,11H,1-3,6,8-9,17H2;1H. The van der Waals surface area contributed by atoms with E-state index in [-0.39, 0.29) is 31.0 Å². The molecule has 0 aromatic heterocycles. The van der Waals surface area contributed by atoms with Gasteiger partial charge in [0, 0.05) is 30.2 Å². The third-order valence-electron chi connectivity index (χ3n) is 3.46. The van der Waals surface area contributed by atoms with Gasteiger partial charge < -0.3 is 15.4 Å². The molecular formula is C14H19Cl3N2O2. The van der Waals surface area contributed by atoms with Gasteiger partial charge in [0.05, 0.1) is 5.02 Å². The number of nitrogens with zero attached hydrogens (tertiary/aromatic N) is 1. The average Bonchev–Trinajstić information content (AvgIpc) is 2.47. The zero-order valence-corrected chi connectivity index (χ0v) is 13.9. The number of ether oxygens (including phenoxy) is 1. The third-order valence-corrected chi connectivity index (χ3v) is 4.01. The number of carbonyl (C=O) groups excluding carboxylic acids is 1. The van der Waals surface area contributed by atoms with Crippen molar-refractivity contribution >= 4 is 41.5 Å². The molecule has 1 aliphatic heterocycles. The van der Waals surface area contributed by atoms with E-state index in [1.54, 1.807) is 18.2 Å². The fourth-order valence-corrected chi connectivity index (χ4v) is 2.72. The number of rotatable bonds is 4. The van der Waals surface area contributed by atoms with Crippen LogP contribution in [0.2, 0.25) is 10.0 Å². The first-order valence-corrected chi connectivity index (χ1v) is 7.45. The fraction of sp³-hybridized carbons (Fsp3) is 0.500. The summed E-state index contributed by atoms with van der Waals surface area (Å²) in [5, 5.41) is 0.964. The molecule has 1 fully saturated rings. The number of amides is 1. The summed E-state index contributed by atoms with van der Waals surface area (Å²) in [4.78, 5) is 14.0. The molecule has 1 amide bonds. The molecule has 0 saturated carbocycles. The van der Waals surface area contributed by atoms with Crippen molar-refractivity contribution < 1.29 is 9.53 Å². The molecule has 0 bridgehead atoms. The van der Waals surface area contributed by atoms with E-state index in [9.17, 15) is 4.79 Å². The average molecular weight is 354 g/mol. The second-order valence-electron chi connectivity index (χ2n) is 4.84. The lowest BCUT2D eigenvalue weighted by molar-refractivity contribution is -0.136. The van der Waals surface area contributed by atoms with Crippen molar-refractivity contribution in [1.82, 2.24) is 4.90 Å². The van der Waals surface area contributed by atoms with Crippen LogP contribution in [0.4, 0.5) is 0 Å². The fourth-order valence-electron chi connectivity index (χ4n) is 2.38. The molecule has 7 heteroatoms. The van der Waals surface area contributed by atoms with E-state index in [1.165, 1.54) is 0 Å². The van der Waals surface area contributed by atoms with Crippen LogP contribution in [0.3, 0.4) is 0 Å². The Kier molecular flexibility index (Phi) is 7.60. The van der Waals surface area contributed by atoms with Gasteiger partial charge in [0.1, 0.15) is 5.75 Å². The van der Waals surface area contributed by atoms with Crippen LogP contribution in [0.1, 0.15) is 19.3 Å². The SMILES string of the molecule is Cl.NCC1CCCCN1C(=O)COc1cc(Cl)ccc1Cl. The Morgan fingerprint density at radius 3 is 2.86 bits per heavy atom. The zero-order valence-electron chi connectivity index (χ0n) is 11.6. The van der Waals surface area contributed by atoms with Crippen LogP contribution in [-0.4, -0.2) is 36.5 Å². The topological polar surface area (TPSA) is 55.6 Å². The van der Waals surface area contributed by atoms with E-state index >= 15 is 0 Å². The molecule has 0 radical (unpaired) electrons. The van der Waals surface area contributed by atoms with Crippen LogP contribution in [0.15, 0.2) is 18.2 Å². The van der Waals surface area contributed by atoms with E-state index in [0.717, 1.165) is 25.8 Å². The lowest BCUT2D eigenvalue weighted by Gasteiger charge is -2.34. The van der Waals surface area contributed by atoms with Crippen molar-refractivity contribution in [3.63, 3.8) is 0 Å². The molecule has 1 saturated heterocycles. The molecule has 1 unspecified atom stereocenters. The number of carbonyl (C=O) groups is 1. The van der Waals surface area contributed by atoms with Crippen molar-refractivity contribution in [2.75, 3.05) is 19.7 Å². The molecule has 1 heterocycles. The Morgan fingerprint density at radius 1 is 1.38 bits per heavy atom. The van der Waals surface area contributed by atoms with Crippen LogP contribution in [0.5, 0.6) is 5.75 Å². The normalized spacial score (nSPS) is 18.0. The minimum Gasteiger partial charge on any atom is -0.482 e. The summed E-state index contributed by atoms with van der Waals surface area (Å²) in [6.07, 6.45) is 3.09. The maximum absolute atomic E-state index is 12.2. The summed E-state index contributed by atoms with van der Waals surface area (Å²) in [6, 6.07) is 5.05. The van der Waals surface area contributed by atoms with Crippen molar-refractivity contribution in [3.05, 3.63) is 28.2 Å². The van der Waals surface area contributed by atoms with Gasteiger partial charge in [-0.2, -0.15) is 0 Å². The van der Waals surface area contributed by atoms with Gasteiger partial charge in [0.15, 0.2) is 6.61 Å². The van der Waals surface area contributed by atoms with E-state index in [4.69, 9.17) is 33.7 Å². The van der Waals surface area contributed by atoms with E-state index in [2.05, 4.69) is 0 Å². The number of hydrogen-bond donors (Lipinski definition) is 1. The number of hydrogen-bond acceptors (Lipinski definition) is 3. The number of halogens is 3. The highest BCUT2D eigenvalue weighted by atomic mass is 35.5. The smallest absolute Gasteiger partial charge is 0.260 e. The second-order valence-corrected chi connectivity index (χ2v) is 5.68. The van der Waals surface area contributed by atoms with Gasteiger partial charge in [-0.25, -0.2) is 0 Å². The quantitative estimate of drug-likeness (QED) is 0.904. The van der Waals surface area contributed by atoms with Crippen LogP contribution in [0.25, 0.3) is 0 Å². The summed E-state index contributed by atoms with van der Waals surface area (Å²) in [5.41, 5.74) is 5.71. The van der Waals surface area contributed by atoms with Gasteiger partial charge in [-0.1, -0.05) is 23.2 Å². The lowest BCUT2D eigenvalue weighted by Crippen LogP contribution is -2.49. The number of piperidine rings is 1. The molecule has 21 heavy (non-hydrogen) atoms. The van der Waals surface area contributed by atoms with E-state index in [0.29, 0.717) is 22.3 Å². The third kappa shape index (κ3) is 4.92. The Labute approximate surface area is 140 Å². The first-order valence-electron chi connectivity index (χ1n) is 6.69. The van der Waals surface area contributed by atoms with Gasteiger partial charge in [0.25, 0.3) is 5.91 Å². The van der Waals surface area contributed by atoms with E-state index in [1.807, 2.05) is 4.90 Å². The Balaban J connectivity index is 0.00000220.